The van der Waals surface area contributed by atoms with E-state index in [-0.39, 0.29) is 11.8 Å². The lowest BCUT2D eigenvalue weighted by Crippen LogP contribution is -2.29. The molecule has 1 fully saturated rings. The van der Waals surface area contributed by atoms with Crippen LogP contribution in [0.5, 0.6) is 0 Å². The van der Waals surface area contributed by atoms with Crippen LogP contribution >= 0.6 is 15.9 Å². The highest BCUT2D eigenvalue weighted by Crippen LogP contribution is 2.25. The number of aromatic amines is 1. The number of benzene rings is 1. The van der Waals surface area contributed by atoms with Crippen molar-refractivity contribution in [1.82, 2.24) is 15.5 Å². The van der Waals surface area contributed by atoms with Gasteiger partial charge in [0.2, 0.25) is 0 Å². The highest BCUT2D eigenvalue weighted by atomic mass is 79.9. The Hall–Kier alpha value is -1.82. The zero-order valence-electron chi connectivity index (χ0n) is 14.8. The van der Waals surface area contributed by atoms with Gasteiger partial charge in [0.1, 0.15) is 0 Å². The molecule has 0 bridgehead atoms. The Labute approximate surface area is 157 Å². The normalized spacial score (nSPS) is 14.8. The fourth-order valence-electron chi connectivity index (χ4n) is 3.12. The van der Waals surface area contributed by atoms with Gasteiger partial charge in [-0.05, 0) is 58.8 Å². The first-order valence-corrected chi connectivity index (χ1v) is 9.71. The number of aromatic nitrogens is 2. The molecule has 0 spiro atoms. The summed E-state index contributed by atoms with van der Waals surface area (Å²) in [6, 6.07) is 8.47. The van der Waals surface area contributed by atoms with E-state index >= 15 is 0 Å². The van der Waals surface area contributed by atoms with Crippen molar-refractivity contribution in [2.24, 2.45) is 0 Å². The molecule has 1 amide bonds. The second kappa shape index (κ2) is 8.04. The number of carbonyl (C=O) groups excluding carboxylic acids is 1. The van der Waals surface area contributed by atoms with E-state index in [1.807, 2.05) is 0 Å². The van der Waals surface area contributed by atoms with Crippen LogP contribution in [0.2, 0.25) is 0 Å². The molecule has 1 aromatic carbocycles. The number of piperidine rings is 1. The van der Waals surface area contributed by atoms with Crippen LogP contribution in [0.3, 0.4) is 0 Å². The second-order valence-electron chi connectivity index (χ2n) is 6.85. The molecule has 1 aliphatic rings. The maximum absolute atomic E-state index is 12.4. The third-order valence-corrected chi connectivity index (χ3v) is 5.44. The summed E-state index contributed by atoms with van der Waals surface area (Å²) < 4.78 is 0.750. The fourth-order valence-corrected chi connectivity index (χ4v) is 3.93. The molecule has 5 nitrogen and oxygen atoms in total. The van der Waals surface area contributed by atoms with E-state index in [9.17, 15) is 4.79 Å². The SMILES string of the molecule is CC(C)c1[nH]nc(C(=O)NCc2ccc(N3CCCCC3)cc2)c1Br. The Morgan fingerprint density at radius 2 is 1.92 bits per heavy atom. The van der Waals surface area contributed by atoms with Crippen molar-refractivity contribution in [2.45, 2.75) is 45.6 Å². The Morgan fingerprint density at radius 3 is 2.52 bits per heavy atom. The number of hydrogen-bond donors (Lipinski definition) is 2. The minimum absolute atomic E-state index is 0.171. The zero-order valence-corrected chi connectivity index (χ0v) is 16.4. The van der Waals surface area contributed by atoms with Crippen molar-refractivity contribution in [3.8, 4) is 0 Å². The van der Waals surface area contributed by atoms with Crippen molar-refractivity contribution in [1.29, 1.82) is 0 Å². The number of amides is 1. The van der Waals surface area contributed by atoms with E-state index in [1.165, 1.54) is 24.9 Å². The predicted octanol–water partition coefficient (Wildman–Crippen LogP) is 4.22. The summed E-state index contributed by atoms with van der Waals surface area (Å²) in [5.74, 6) is 0.112. The second-order valence-corrected chi connectivity index (χ2v) is 7.64. The summed E-state index contributed by atoms with van der Waals surface area (Å²) in [7, 11) is 0. The van der Waals surface area contributed by atoms with Crippen molar-refractivity contribution >= 4 is 27.5 Å². The van der Waals surface area contributed by atoms with Gasteiger partial charge in [-0.3, -0.25) is 9.89 Å². The Morgan fingerprint density at radius 1 is 1.24 bits per heavy atom. The smallest absolute Gasteiger partial charge is 0.273 e. The summed E-state index contributed by atoms with van der Waals surface area (Å²) in [5, 5.41) is 10.0. The molecule has 3 rings (SSSR count). The van der Waals surface area contributed by atoms with Gasteiger partial charge in [0.25, 0.3) is 5.91 Å². The Bertz CT molecular complexity index is 718. The van der Waals surface area contributed by atoms with Gasteiger partial charge < -0.3 is 10.2 Å². The molecule has 0 aliphatic carbocycles. The van der Waals surface area contributed by atoms with Crippen molar-refractivity contribution < 1.29 is 4.79 Å². The largest absolute Gasteiger partial charge is 0.372 e. The summed E-state index contributed by atoms with van der Waals surface area (Å²) >= 11 is 3.47. The lowest BCUT2D eigenvalue weighted by molar-refractivity contribution is 0.0945. The highest BCUT2D eigenvalue weighted by Gasteiger charge is 2.19. The van der Waals surface area contributed by atoms with Crippen LogP contribution in [-0.2, 0) is 6.54 Å². The van der Waals surface area contributed by atoms with Gasteiger partial charge in [-0.15, -0.1) is 0 Å². The molecule has 2 heterocycles. The van der Waals surface area contributed by atoms with Crippen LogP contribution in [-0.4, -0.2) is 29.2 Å². The molecule has 0 unspecified atom stereocenters. The predicted molar refractivity (Wildman–Crippen MR) is 104 cm³/mol. The molecule has 1 aromatic heterocycles. The Balaban J connectivity index is 1.58. The minimum Gasteiger partial charge on any atom is -0.372 e. The molecule has 1 saturated heterocycles. The van der Waals surface area contributed by atoms with E-state index in [0.717, 1.165) is 28.8 Å². The number of nitrogens with zero attached hydrogens (tertiary/aromatic N) is 2. The molecular formula is C19H25BrN4O. The Kier molecular flexibility index (Phi) is 5.78. The average Bonchev–Trinajstić information content (AvgIpc) is 3.03. The van der Waals surface area contributed by atoms with Gasteiger partial charge in [-0.1, -0.05) is 26.0 Å². The molecule has 2 N–H and O–H groups in total. The third kappa shape index (κ3) is 4.24. The number of nitrogens with one attached hydrogen (secondary N) is 2. The van der Waals surface area contributed by atoms with Gasteiger partial charge in [-0.2, -0.15) is 5.10 Å². The lowest BCUT2D eigenvalue weighted by Gasteiger charge is -2.28. The van der Waals surface area contributed by atoms with E-state index in [1.54, 1.807) is 0 Å². The van der Waals surface area contributed by atoms with E-state index in [4.69, 9.17) is 0 Å². The van der Waals surface area contributed by atoms with E-state index < -0.39 is 0 Å². The first-order chi connectivity index (χ1) is 12.1. The van der Waals surface area contributed by atoms with E-state index in [0.29, 0.717) is 12.2 Å². The molecule has 0 atom stereocenters. The quantitative estimate of drug-likeness (QED) is 0.783. The lowest BCUT2D eigenvalue weighted by atomic mass is 10.1. The first-order valence-electron chi connectivity index (χ1n) is 8.92. The average molecular weight is 405 g/mol. The molecule has 0 saturated carbocycles. The monoisotopic (exact) mass is 404 g/mol. The standard InChI is InChI=1S/C19H25BrN4O/c1-13(2)17-16(20)18(23-22-17)19(25)21-12-14-6-8-15(9-7-14)24-10-4-3-5-11-24/h6-9,13H,3-5,10-12H2,1-2H3,(H,21,25)(H,22,23). The number of halogens is 1. The molecule has 134 valence electrons. The maximum Gasteiger partial charge on any atom is 0.273 e. The van der Waals surface area contributed by atoms with Crippen molar-refractivity contribution in [2.75, 3.05) is 18.0 Å². The number of anilines is 1. The van der Waals surface area contributed by atoms with Crippen LogP contribution in [0.4, 0.5) is 5.69 Å². The molecule has 2 aromatic rings. The minimum atomic E-state index is -0.171. The summed E-state index contributed by atoms with van der Waals surface area (Å²) in [4.78, 5) is 14.8. The van der Waals surface area contributed by atoms with Crippen LogP contribution < -0.4 is 10.2 Å². The van der Waals surface area contributed by atoms with Gasteiger partial charge in [0.15, 0.2) is 5.69 Å². The maximum atomic E-state index is 12.4. The van der Waals surface area contributed by atoms with Crippen LogP contribution in [0.1, 0.15) is 60.8 Å². The molecule has 1 aliphatic heterocycles. The van der Waals surface area contributed by atoms with Crippen LogP contribution in [0.25, 0.3) is 0 Å². The zero-order chi connectivity index (χ0) is 17.8. The summed E-state index contributed by atoms with van der Waals surface area (Å²) in [6.07, 6.45) is 3.88. The third-order valence-electron chi connectivity index (χ3n) is 4.64. The number of H-pyrrole nitrogens is 1. The summed E-state index contributed by atoms with van der Waals surface area (Å²) in [5.41, 5.74) is 3.71. The molecule has 0 radical (unpaired) electrons. The molecule has 6 heteroatoms. The number of rotatable bonds is 5. The van der Waals surface area contributed by atoms with Gasteiger partial charge in [-0.25, -0.2) is 0 Å². The fraction of sp³-hybridized carbons (Fsp3) is 0.474. The van der Waals surface area contributed by atoms with Crippen LogP contribution in [0, 0.1) is 0 Å². The molecular weight excluding hydrogens is 380 g/mol. The highest BCUT2D eigenvalue weighted by molar-refractivity contribution is 9.10. The van der Waals surface area contributed by atoms with Crippen molar-refractivity contribution in [3.05, 3.63) is 45.7 Å². The topological polar surface area (TPSA) is 61.0 Å². The van der Waals surface area contributed by atoms with Crippen molar-refractivity contribution in [3.63, 3.8) is 0 Å². The van der Waals surface area contributed by atoms with Gasteiger partial charge >= 0.3 is 0 Å². The number of hydrogen-bond acceptors (Lipinski definition) is 3. The van der Waals surface area contributed by atoms with E-state index in [2.05, 4.69) is 74.5 Å². The van der Waals surface area contributed by atoms with Gasteiger partial charge in [0, 0.05) is 25.3 Å². The van der Waals surface area contributed by atoms with Gasteiger partial charge in [0.05, 0.1) is 10.2 Å². The first kappa shape index (κ1) is 18.0. The van der Waals surface area contributed by atoms with Crippen LogP contribution in [0.15, 0.2) is 28.7 Å². The molecule has 25 heavy (non-hydrogen) atoms. The summed E-state index contributed by atoms with van der Waals surface area (Å²) in [6.45, 7) is 6.89. The number of carbonyl (C=O) groups is 1.